The fraction of sp³-hybridized carbons (Fsp3) is 0.176. The van der Waals surface area contributed by atoms with Crippen LogP contribution < -0.4 is 0 Å². The molecule has 2 radical (unpaired) electrons. The van der Waals surface area contributed by atoms with Crippen molar-refractivity contribution in [3.8, 4) is 0 Å². The third-order valence-electron chi connectivity index (χ3n) is 1.98. The van der Waals surface area contributed by atoms with Gasteiger partial charge in [-0.25, -0.2) is 12.2 Å². The molecular weight excluding hydrogens is 365 g/mol. The second-order valence-electron chi connectivity index (χ2n) is 3.50. The minimum Gasteiger partial charge on any atom is -0.477 e. The third kappa shape index (κ3) is 14.7. The molecule has 1 nitrogen and oxygen atoms in total. The quantitative estimate of drug-likeness (QED) is 0.432. The number of halogens is 2. The number of H-pyrrole nitrogens is 1. The summed E-state index contributed by atoms with van der Waals surface area (Å²) in [6, 6.07) is 10.1. The first kappa shape index (κ1) is 33.4. The Bertz CT molecular complexity index is 444. The summed E-state index contributed by atoms with van der Waals surface area (Å²) in [7, 11) is 1.08. The molecule has 1 aromatic heterocycles. The summed E-state index contributed by atoms with van der Waals surface area (Å²) in [5.74, 6) is 0. The van der Waals surface area contributed by atoms with Gasteiger partial charge in [-0.05, 0) is 0 Å². The van der Waals surface area contributed by atoms with E-state index >= 15 is 0 Å². The number of aromatic amines is 1. The molecule has 1 aromatic carbocycles. The summed E-state index contributed by atoms with van der Waals surface area (Å²) < 4.78 is 0. The normalized spacial score (nSPS) is 9.00. The Morgan fingerprint density at radius 2 is 1.68 bits per heavy atom. The maximum atomic E-state index is 2.99. The molecule has 0 amide bonds. The second-order valence-corrected chi connectivity index (χ2v) is 4.50. The number of benzene rings is 1. The average molecular weight is 390 g/mol. The fourth-order valence-corrected chi connectivity index (χ4v) is 1.27. The van der Waals surface area contributed by atoms with E-state index in [4.69, 9.17) is 0 Å². The smallest absolute Gasteiger partial charge is 0.477 e. The topological polar surface area (TPSA) is 15.8 Å². The number of allylic oxidation sites excluding steroid dienone is 4. The van der Waals surface area contributed by atoms with Crippen LogP contribution in [0.25, 0.3) is 10.9 Å². The SMILES string of the molecule is C[Si]C.Cl.Cl.[C-]1=CC=CC1.[CH3-].[CH3-].[Ti+4].[c-]1cc2ccccc2[nH]1. The van der Waals surface area contributed by atoms with Crippen molar-refractivity contribution in [2.75, 3.05) is 0 Å². The Morgan fingerprint density at radius 3 is 2.09 bits per heavy atom. The molecule has 0 unspecified atom stereocenters. The summed E-state index contributed by atoms with van der Waals surface area (Å²) in [6.45, 7) is 4.31. The summed E-state index contributed by atoms with van der Waals surface area (Å²) in [5.41, 5.74) is 1.15. The van der Waals surface area contributed by atoms with Gasteiger partial charge in [-0.1, -0.05) is 25.2 Å². The van der Waals surface area contributed by atoms with Crippen LogP contribution in [0.4, 0.5) is 0 Å². The van der Waals surface area contributed by atoms with Crippen LogP contribution in [-0.2, 0) is 21.7 Å². The minimum atomic E-state index is 0. The molecule has 0 atom stereocenters. The fourth-order valence-electron chi connectivity index (χ4n) is 1.27. The van der Waals surface area contributed by atoms with Crippen molar-refractivity contribution in [1.82, 2.24) is 4.98 Å². The molecule has 0 spiro atoms. The van der Waals surface area contributed by atoms with Gasteiger partial charge in [-0.3, -0.25) is 6.08 Å². The number of nitrogens with one attached hydrogen (secondary N) is 1. The van der Waals surface area contributed by atoms with Crippen LogP contribution in [0, 0.1) is 27.1 Å². The van der Waals surface area contributed by atoms with Crippen molar-refractivity contribution in [3.63, 3.8) is 0 Å². The molecule has 1 aliphatic rings. The Balaban J connectivity index is -0.0000000662. The van der Waals surface area contributed by atoms with Crippen LogP contribution in [0.3, 0.4) is 0 Å². The molecule has 3 rings (SSSR count). The van der Waals surface area contributed by atoms with E-state index in [-0.39, 0.29) is 61.4 Å². The maximum Gasteiger partial charge on any atom is 4.00 e. The zero-order chi connectivity index (χ0) is 12.3. The van der Waals surface area contributed by atoms with E-state index in [2.05, 4.69) is 42.5 Å². The van der Waals surface area contributed by atoms with E-state index in [1.165, 1.54) is 5.39 Å². The summed E-state index contributed by atoms with van der Waals surface area (Å²) in [5, 5.41) is 1.22. The zero-order valence-corrected chi connectivity index (χ0v) is 17.8. The number of fused-ring (bicyclic) bond motifs is 1. The Labute approximate surface area is 166 Å². The first-order chi connectivity index (χ1) is 8.38. The van der Waals surface area contributed by atoms with E-state index < -0.39 is 0 Å². The number of aromatic nitrogens is 1. The van der Waals surface area contributed by atoms with Crippen molar-refractivity contribution in [2.24, 2.45) is 0 Å². The molecular formula is C17H25Cl2NSiTi. The predicted molar refractivity (Wildman–Crippen MR) is 104 cm³/mol. The summed E-state index contributed by atoms with van der Waals surface area (Å²) >= 11 is 0. The first-order valence-corrected chi connectivity index (χ1v) is 7.62. The molecule has 5 heteroatoms. The first-order valence-electron chi connectivity index (χ1n) is 5.62. The Hall–Kier alpha value is -0.249. The molecule has 22 heavy (non-hydrogen) atoms. The van der Waals surface area contributed by atoms with Gasteiger partial charge < -0.3 is 19.8 Å². The van der Waals surface area contributed by atoms with Gasteiger partial charge in [-0.15, -0.1) is 55.1 Å². The molecule has 120 valence electrons. The number of hydrogen-bond acceptors (Lipinski definition) is 0. The average Bonchev–Trinajstić information content (AvgIpc) is 3.05. The molecule has 1 heterocycles. The van der Waals surface area contributed by atoms with Crippen LogP contribution in [-0.4, -0.2) is 14.5 Å². The van der Waals surface area contributed by atoms with E-state index in [0.29, 0.717) is 0 Å². The van der Waals surface area contributed by atoms with Gasteiger partial charge in [0.25, 0.3) is 0 Å². The molecule has 2 aromatic rings. The van der Waals surface area contributed by atoms with Gasteiger partial charge in [0.1, 0.15) is 0 Å². The van der Waals surface area contributed by atoms with Gasteiger partial charge in [0.05, 0.1) is 0 Å². The summed E-state index contributed by atoms with van der Waals surface area (Å²) in [6.07, 6.45) is 12.9. The van der Waals surface area contributed by atoms with E-state index in [1.807, 2.05) is 36.4 Å². The van der Waals surface area contributed by atoms with E-state index in [0.717, 1.165) is 21.5 Å². The van der Waals surface area contributed by atoms with E-state index in [9.17, 15) is 0 Å². The number of hydrogen-bond donors (Lipinski definition) is 1. The molecule has 1 aliphatic carbocycles. The van der Waals surface area contributed by atoms with Gasteiger partial charge in [0, 0.05) is 9.52 Å². The third-order valence-corrected chi connectivity index (χ3v) is 1.98. The van der Waals surface area contributed by atoms with Crippen LogP contribution >= 0.6 is 24.8 Å². The maximum absolute atomic E-state index is 2.99. The second kappa shape index (κ2) is 23.0. The molecule has 0 bridgehead atoms. The Morgan fingerprint density at radius 1 is 1.09 bits per heavy atom. The van der Waals surface area contributed by atoms with Gasteiger partial charge in [-0.2, -0.15) is 17.5 Å². The Kier molecular flexibility index (Phi) is 34.9. The molecule has 0 saturated heterocycles. The van der Waals surface area contributed by atoms with Gasteiger partial charge in [0.15, 0.2) is 0 Å². The van der Waals surface area contributed by atoms with E-state index in [1.54, 1.807) is 0 Å². The van der Waals surface area contributed by atoms with Crippen molar-refractivity contribution in [1.29, 1.82) is 0 Å². The van der Waals surface area contributed by atoms with Crippen LogP contribution in [0.5, 0.6) is 0 Å². The van der Waals surface area contributed by atoms with Crippen molar-refractivity contribution in [3.05, 3.63) is 75.7 Å². The standard InChI is InChI=1S/C8H6N.C5H5.C2H6Si.2CH3.2ClH.Ti/c1-2-4-8-7(3-1)5-6-9-8;1-2-4-5-3-1;1-3-2;;;;;/h1-5,9H;1-3H,4H2;1-2H3;2*1H3;2*1H;/q2*-1;;2*-1;;;+4. The predicted octanol–water partition coefficient (Wildman–Crippen LogP) is 5.80. The van der Waals surface area contributed by atoms with Crippen molar-refractivity contribution < 1.29 is 21.7 Å². The monoisotopic (exact) mass is 389 g/mol. The van der Waals surface area contributed by atoms with Gasteiger partial charge >= 0.3 is 21.7 Å². The molecule has 0 saturated carbocycles. The molecule has 0 fully saturated rings. The molecule has 1 N–H and O–H groups in total. The van der Waals surface area contributed by atoms with Crippen LogP contribution in [0.1, 0.15) is 6.42 Å². The van der Waals surface area contributed by atoms with Crippen molar-refractivity contribution >= 4 is 45.2 Å². The number of rotatable bonds is 0. The van der Waals surface area contributed by atoms with Crippen molar-refractivity contribution in [2.45, 2.75) is 19.5 Å². The minimum absolute atomic E-state index is 0. The van der Waals surface area contributed by atoms with Crippen LogP contribution in [0.2, 0.25) is 13.1 Å². The molecule has 0 aliphatic heterocycles. The number of para-hydroxylation sites is 1. The zero-order valence-electron chi connectivity index (χ0n) is 13.6. The van der Waals surface area contributed by atoms with Gasteiger partial charge in [0.2, 0.25) is 0 Å². The van der Waals surface area contributed by atoms with Crippen LogP contribution in [0.15, 0.2) is 48.6 Å². The summed E-state index contributed by atoms with van der Waals surface area (Å²) in [4.78, 5) is 2.99. The largest absolute Gasteiger partial charge is 4.00 e.